The summed E-state index contributed by atoms with van der Waals surface area (Å²) in [7, 11) is 1.89. The van der Waals surface area contributed by atoms with Gasteiger partial charge in [0.15, 0.2) is 0 Å². The van der Waals surface area contributed by atoms with Crippen LogP contribution in [0.2, 0.25) is 0 Å². The lowest BCUT2D eigenvalue weighted by atomic mass is 10.1. The van der Waals surface area contributed by atoms with E-state index in [4.69, 9.17) is 17.3 Å². The van der Waals surface area contributed by atoms with Crippen molar-refractivity contribution in [3.8, 4) is 0 Å². The molecule has 6 N–H and O–H groups in total. The number of rotatable bonds is 16. The molecule has 2 amide bonds. The second-order valence-corrected chi connectivity index (χ2v) is 12.1. The molecule has 0 bridgehead atoms. The van der Waals surface area contributed by atoms with Gasteiger partial charge in [-0.25, -0.2) is 0 Å². The first kappa shape index (κ1) is 41.1. The number of allylic oxidation sites excluding steroid dienone is 5. The van der Waals surface area contributed by atoms with Gasteiger partial charge >= 0.3 is 0 Å². The highest BCUT2D eigenvalue weighted by Gasteiger charge is 2.13. The number of hydrogen-bond donors (Lipinski definition) is 4. The van der Waals surface area contributed by atoms with Crippen molar-refractivity contribution in [3.05, 3.63) is 81.2 Å². The molecule has 8 nitrogen and oxygen atoms in total. The number of aldehydes is 1. The van der Waals surface area contributed by atoms with Crippen molar-refractivity contribution < 1.29 is 14.4 Å². The monoisotopic (exact) mass is 647 g/mol. The summed E-state index contributed by atoms with van der Waals surface area (Å²) in [5.41, 5.74) is 12.5. The quantitative estimate of drug-likeness (QED) is 0.101. The van der Waals surface area contributed by atoms with Crippen molar-refractivity contribution in [3.63, 3.8) is 0 Å². The number of nitrogens with one attached hydrogen (secondary N) is 2. The van der Waals surface area contributed by atoms with E-state index in [-0.39, 0.29) is 17.9 Å². The molecule has 1 aliphatic heterocycles. The summed E-state index contributed by atoms with van der Waals surface area (Å²) in [6.07, 6.45) is 13.2. The zero-order valence-electron chi connectivity index (χ0n) is 27.1. The molecule has 0 spiro atoms. The van der Waals surface area contributed by atoms with Gasteiger partial charge in [-0.1, -0.05) is 86.6 Å². The number of carbonyl (C=O) groups excluding carboxylic acids is 3. The van der Waals surface area contributed by atoms with Crippen LogP contribution in [0.25, 0.3) is 0 Å². The van der Waals surface area contributed by atoms with Crippen LogP contribution in [-0.4, -0.2) is 62.3 Å². The molecule has 1 unspecified atom stereocenters. The number of nitrogens with zero attached hydrogens (tertiary/aromatic N) is 1. The molecular formula is C34H54ClN5O3S. The van der Waals surface area contributed by atoms with Crippen LogP contribution in [0.15, 0.2) is 75.7 Å². The third-order valence-electron chi connectivity index (χ3n) is 6.42. The Hall–Kier alpha value is -2.85. The highest BCUT2D eigenvalue weighted by atomic mass is 35.5. The van der Waals surface area contributed by atoms with Gasteiger partial charge in [0.1, 0.15) is 6.29 Å². The second kappa shape index (κ2) is 26.5. The molecule has 1 atom stereocenters. The lowest BCUT2D eigenvalue weighted by Gasteiger charge is -2.24. The summed E-state index contributed by atoms with van der Waals surface area (Å²) in [5, 5.41) is 7.01. The molecular weight excluding hydrogens is 594 g/mol. The summed E-state index contributed by atoms with van der Waals surface area (Å²) >= 11 is 7.60. The number of primary amides is 1. The van der Waals surface area contributed by atoms with E-state index in [0.29, 0.717) is 25.0 Å². The number of likely N-dealkylation sites (tertiary alicyclic amines) is 1. The Morgan fingerprint density at radius 2 is 1.73 bits per heavy atom. The van der Waals surface area contributed by atoms with E-state index in [0.717, 1.165) is 47.1 Å². The fraction of sp³-hybridized carbons (Fsp3) is 0.500. The fourth-order valence-electron chi connectivity index (χ4n) is 3.95. The number of nitrogens with two attached hydrogens (primary N) is 2. The van der Waals surface area contributed by atoms with Crippen LogP contribution in [0.5, 0.6) is 0 Å². The Labute approximate surface area is 274 Å². The first-order valence-corrected chi connectivity index (χ1v) is 16.5. The largest absolute Gasteiger partial charge is 0.401 e. The predicted octanol–water partition coefficient (Wildman–Crippen LogP) is 5.79. The van der Waals surface area contributed by atoms with Crippen LogP contribution in [-0.2, 0) is 20.8 Å². The second-order valence-electron chi connectivity index (χ2n) is 10.4. The van der Waals surface area contributed by atoms with E-state index in [9.17, 15) is 14.4 Å². The zero-order valence-corrected chi connectivity index (χ0v) is 28.7. The predicted molar refractivity (Wildman–Crippen MR) is 188 cm³/mol. The zero-order chi connectivity index (χ0) is 33.2. The molecule has 1 heterocycles. The molecule has 1 saturated heterocycles. The molecule has 44 heavy (non-hydrogen) atoms. The van der Waals surface area contributed by atoms with E-state index in [1.807, 2.05) is 51.2 Å². The van der Waals surface area contributed by atoms with Crippen molar-refractivity contribution in [2.75, 3.05) is 33.2 Å². The van der Waals surface area contributed by atoms with E-state index in [2.05, 4.69) is 40.0 Å². The number of likely N-dealkylation sites (N-methyl/N-ethyl adjacent to an activating group) is 1. The molecule has 1 fully saturated rings. The van der Waals surface area contributed by atoms with E-state index < -0.39 is 0 Å². The first-order valence-electron chi connectivity index (χ1n) is 15.3. The molecule has 0 saturated carbocycles. The van der Waals surface area contributed by atoms with Crippen LogP contribution in [0.4, 0.5) is 0 Å². The van der Waals surface area contributed by atoms with Crippen molar-refractivity contribution in [2.24, 2.45) is 11.5 Å². The standard InChI is InChI=1S/C22H32ClN3OS.C9H15NO.C3H7NO/c1-5-19(23)14-21(17(3)24)28-16(2)11-12-22(27)26-20(15-25-4)13-18-9-7-6-8-10-18;11-9-5-4-8-10-6-2-1-3-7-10;1-2-3(4)5/h6-10,14,20,25H,2,5,11-13,15,24H2,1,3-4H3,(H,26,27);4-5,9H,1-3,6-8H2;2H2,1H3,(H2,4,5)/b19-14+,21-17-;5-4+;. The molecule has 0 aromatic heterocycles. The number of thioether (sulfide) groups is 1. The average molecular weight is 648 g/mol. The van der Waals surface area contributed by atoms with Crippen molar-refractivity contribution in [2.45, 2.75) is 78.2 Å². The van der Waals surface area contributed by atoms with E-state index in [1.54, 1.807) is 13.0 Å². The third kappa shape index (κ3) is 22.7. The number of benzene rings is 1. The van der Waals surface area contributed by atoms with Crippen molar-refractivity contribution in [1.29, 1.82) is 0 Å². The van der Waals surface area contributed by atoms with Gasteiger partial charge in [0.25, 0.3) is 0 Å². The van der Waals surface area contributed by atoms with Gasteiger partial charge < -0.3 is 22.1 Å². The Bertz CT molecular complexity index is 1070. The minimum Gasteiger partial charge on any atom is -0.401 e. The van der Waals surface area contributed by atoms with Gasteiger partial charge in [0.05, 0.1) is 0 Å². The minimum absolute atomic E-state index is 0.0232. The number of halogens is 1. The number of piperidine rings is 1. The molecule has 246 valence electrons. The molecule has 1 aromatic rings. The molecule has 0 radical (unpaired) electrons. The Morgan fingerprint density at radius 1 is 1.09 bits per heavy atom. The number of amides is 2. The maximum Gasteiger partial charge on any atom is 0.220 e. The van der Waals surface area contributed by atoms with Gasteiger partial charge in [-0.2, -0.15) is 0 Å². The van der Waals surface area contributed by atoms with Gasteiger partial charge in [-0.05, 0) is 81.8 Å². The topological polar surface area (TPSA) is 131 Å². The van der Waals surface area contributed by atoms with Crippen LogP contribution in [0.1, 0.15) is 71.3 Å². The highest BCUT2D eigenvalue weighted by molar-refractivity contribution is 8.06. The van der Waals surface area contributed by atoms with Crippen molar-refractivity contribution in [1.82, 2.24) is 15.5 Å². The highest BCUT2D eigenvalue weighted by Crippen LogP contribution is 2.31. The number of carbonyl (C=O) groups is 3. The van der Waals surface area contributed by atoms with Crippen LogP contribution < -0.4 is 22.1 Å². The summed E-state index contributed by atoms with van der Waals surface area (Å²) in [5.74, 6) is -0.222. The summed E-state index contributed by atoms with van der Waals surface area (Å²) in [6, 6.07) is 10.2. The Balaban J connectivity index is 0.000000940. The maximum absolute atomic E-state index is 12.4. The Morgan fingerprint density at radius 3 is 2.25 bits per heavy atom. The Kier molecular flexibility index (Phi) is 24.8. The minimum atomic E-state index is -0.245. The summed E-state index contributed by atoms with van der Waals surface area (Å²) in [6.45, 7) is 13.7. The summed E-state index contributed by atoms with van der Waals surface area (Å²) in [4.78, 5) is 36.1. The molecule has 0 aliphatic carbocycles. The van der Waals surface area contributed by atoms with E-state index in [1.165, 1.54) is 49.7 Å². The molecule has 10 heteroatoms. The normalized spacial score (nSPS) is 14.7. The molecule has 2 rings (SSSR count). The smallest absolute Gasteiger partial charge is 0.220 e. The van der Waals surface area contributed by atoms with Gasteiger partial charge in [-0.15, -0.1) is 0 Å². The first-order chi connectivity index (χ1) is 21.1. The molecule has 1 aliphatic rings. The average Bonchev–Trinajstić information content (AvgIpc) is 3.01. The molecule has 1 aromatic carbocycles. The third-order valence-corrected chi connectivity index (χ3v) is 7.94. The van der Waals surface area contributed by atoms with E-state index >= 15 is 0 Å². The lowest BCUT2D eigenvalue weighted by Crippen LogP contribution is -2.42. The van der Waals surface area contributed by atoms with Gasteiger partial charge in [0, 0.05) is 47.6 Å². The van der Waals surface area contributed by atoms with Crippen molar-refractivity contribution >= 4 is 41.5 Å². The van der Waals surface area contributed by atoms with Crippen LogP contribution >= 0.6 is 23.4 Å². The summed E-state index contributed by atoms with van der Waals surface area (Å²) < 4.78 is 0. The SMILES string of the molecule is C=C(CCC(=O)NC(CNC)Cc1ccccc1)SC(/C=C(/Cl)CC)=C(/C)N.CCC(N)=O.O=C/C=C/CN1CCCCC1. The number of hydrogen-bond acceptors (Lipinski definition) is 7. The van der Waals surface area contributed by atoms with Gasteiger partial charge in [-0.3, -0.25) is 19.3 Å². The fourth-order valence-corrected chi connectivity index (χ4v) is 5.01. The maximum atomic E-state index is 12.4. The lowest BCUT2D eigenvalue weighted by molar-refractivity contribution is -0.121. The van der Waals surface area contributed by atoms with Gasteiger partial charge in [0.2, 0.25) is 11.8 Å². The van der Waals surface area contributed by atoms with Crippen LogP contribution in [0, 0.1) is 0 Å². The van der Waals surface area contributed by atoms with Crippen LogP contribution in [0.3, 0.4) is 0 Å².